The van der Waals surface area contributed by atoms with Crippen LogP contribution in [0.25, 0.3) is 0 Å². The summed E-state index contributed by atoms with van der Waals surface area (Å²) in [6.07, 6.45) is 5.91. The van der Waals surface area contributed by atoms with Gasteiger partial charge in [0.05, 0.1) is 14.2 Å². The van der Waals surface area contributed by atoms with Crippen molar-refractivity contribution in [2.45, 2.75) is 25.4 Å². The van der Waals surface area contributed by atoms with Crippen molar-refractivity contribution < 1.29 is 9.47 Å². The molecule has 1 aliphatic rings. The first-order valence-corrected chi connectivity index (χ1v) is 8.50. The van der Waals surface area contributed by atoms with Gasteiger partial charge in [0, 0.05) is 50.7 Å². The zero-order valence-electron chi connectivity index (χ0n) is 15.1. The van der Waals surface area contributed by atoms with E-state index in [0.29, 0.717) is 23.8 Å². The van der Waals surface area contributed by atoms with Gasteiger partial charge >= 0.3 is 0 Å². The summed E-state index contributed by atoms with van der Waals surface area (Å²) in [6.45, 7) is 2.96. The van der Waals surface area contributed by atoms with Gasteiger partial charge in [-0.3, -0.25) is 4.90 Å². The molecule has 0 saturated carbocycles. The molecule has 0 radical (unpaired) electrons. The molecule has 3 rings (SSSR count). The minimum atomic E-state index is 0.382. The molecule has 2 aromatic heterocycles. The highest BCUT2D eigenvalue weighted by Crippen LogP contribution is 2.21. The van der Waals surface area contributed by atoms with E-state index in [9.17, 15) is 0 Å². The van der Waals surface area contributed by atoms with Gasteiger partial charge in [0.15, 0.2) is 0 Å². The molecule has 2 aromatic rings. The fourth-order valence-corrected chi connectivity index (χ4v) is 3.15. The fraction of sp³-hybridized carbons (Fsp3) is 0.500. The van der Waals surface area contributed by atoms with E-state index in [0.717, 1.165) is 32.5 Å². The van der Waals surface area contributed by atoms with Crippen LogP contribution in [0.1, 0.15) is 18.4 Å². The van der Waals surface area contributed by atoms with Gasteiger partial charge in [0.25, 0.3) is 0 Å². The van der Waals surface area contributed by atoms with E-state index in [1.165, 1.54) is 5.56 Å². The highest BCUT2D eigenvalue weighted by molar-refractivity contribution is 5.32. The SMILES string of the molecule is COc1ccc(CN2CCCC(N(C)c3nccc(OC)n3)C2)cn1. The van der Waals surface area contributed by atoms with E-state index < -0.39 is 0 Å². The Labute approximate surface area is 148 Å². The predicted molar refractivity (Wildman–Crippen MR) is 96.1 cm³/mol. The third kappa shape index (κ3) is 4.36. The molecule has 134 valence electrons. The molecule has 1 aliphatic heterocycles. The first-order valence-electron chi connectivity index (χ1n) is 8.50. The number of nitrogens with zero attached hydrogens (tertiary/aromatic N) is 5. The van der Waals surface area contributed by atoms with Crippen LogP contribution in [0.15, 0.2) is 30.6 Å². The van der Waals surface area contributed by atoms with Gasteiger partial charge in [-0.25, -0.2) is 9.97 Å². The van der Waals surface area contributed by atoms with Crippen molar-refractivity contribution in [2.75, 3.05) is 39.3 Å². The van der Waals surface area contributed by atoms with E-state index >= 15 is 0 Å². The summed E-state index contributed by atoms with van der Waals surface area (Å²) in [5.74, 6) is 1.95. The number of anilines is 1. The van der Waals surface area contributed by atoms with Gasteiger partial charge in [-0.1, -0.05) is 6.07 Å². The standard InChI is InChI=1S/C18H25N5O2/c1-22(18-19-9-8-17(21-18)25-3)15-5-4-10-23(13-15)12-14-6-7-16(24-2)20-11-14/h6-9,11,15H,4-5,10,12-13H2,1-3H3. The molecule has 25 heavy (non-hydrogen) atoms. The third-order valence-corrected chi connectivity index (χ3v) is 4.58. The molecule has 7 heteroatoms. The Kier molecular flexibility index (Phi) is 5.65. The zero-order valence-corrected chi connectivity index (χ0v) is 15.1. The molecule has 1 unspecified atom stereocenters. The number of methoxy groups -OCH3 is 2. The Morgan fingerprint density at radius 2 is 2.00 bits per heavy atom. The first-order chi connectivity index (χ1) is 12.2. The van der Waals surface area contributed by atoms with E-state index in [1.807, 2.05) is 12.3 Å². The summed E-state index contributed by atoms with van der Waals surface area (Å²) >= 11 is 0. The summed E-state index contributed by atoms with van der Waals surface area (Å²) in [5, 5.41) is 0. The smallest absolute Gasteiger partial charge is 0.228 e. The summed E-state index contributed by atoms with van der Waals surface area (Å²) in [6, 6.07) is 6.13. The van der Waals surface area contributed by atoms with Crippen LogP contribution in [0.3, 0.4) is 0 Å². The molecular formula is C18H25N5O2. The van der Waals surface area contributed by atoms with Crippen molar-refractivity contribution >= 4 is 5.95 Å². The first kappa shape index (κ1) is 17.4. The zero-order chi connectivity index (χ0) is 17.6. The van der Waals surface area contributed by atoms with Crippen LogP contribution in [0.4, 0.5) is 5.95 Å². The Morgan fingerprint density at radius 3 is 2.72 bits per heavy atom. The number of ether oxygens (including phenoxy) is 2. The van der Waals surface area contributed by atoms with Gasteiger partial charge in [-0.15, -0.1) is 0 Å². The maximum absolute atomic E-state index is 5.21. The Balaban J connectivity index is 1.63. The largest absolute Gasteiger partial charge is 0.481 e. The average Bonchev–Trinajstić information content (AvgIpc) is 2.68. The highest BCUT2D eigenvalue weighted by atomic mass is 16.5. The molecular weight excluding hydrogens is 318 g/mol. The average molecular weight is 343 g/mol. The van der Waals surface area contributed by atoms with Gasteiger partial charge in [0.2, 0.25) is 17.7 Å². The number of hydrogen-bond donors (Lipinski definition) is 0. The normalized spacial score (nSPS) is 18.0. The van der Waals surface area contributed by atoms with Gasteiger partial charge in [-0.05, 0) is 24.9 Å². The van der Waals surface area contributed by atoms with Crippen molar-refractivity contribution in [3.8, 4) is 11.8 Å². The van der Waals surface area contributed by atoms with Crippen molar-refractivity contribution in [1.82, 2.24) is 19.9 Å². The number of likely N-dealkylation sites (tertiary alicyclic amines) is 1. The number of rotatable bonds is 6. The highest BCUT2D eigenvalue weighted by Gasteiger charge is 2.25. The molecule has 1 fully saturated rings. The molecule has 1 atom stereocenters. The maximum atomic E-state index is 5.21. The van der Waals surface area contributed by atoms with E-state index in [4.69, 9.17) is 9.47 Å². The molecule has 0 amide bonds. The van der Waals surface area contributed by atoms with E-state index in [1.54, 1.807) is 26.5 Å². The van der Waals surface area contributed by atoms with Crippen molar-refractivity contribution in [2.24, 2.45) is 0 Å². The van der Waals surface area contributed by atoms with Crippen LogP contribution in [0.5, 0.6) is 11.8 Å². The number of pyridine rings is 1. The molecule has 0 aromatic carbocycles. The number of likely N-dealkylation sites (N-methyl/N-ethyl adjacent to an activating group) is 1. The van der Waals surface area contributed by atoms with Crippen LogP contribution in [-0.4, -0.2) is 60.3 Å². The van der Waals surface area contributed by atoms with Crippen LogP contribution < -0.4 is 14.4 Å². The quantitative estimate of drug-likeness (QED) is 0.795. The summed E-state index contributed by atoms with van der Waals surface area (Å²) in [7, 11) is 5.31. The monoisotopic (exact) mass is 343 g/mol. The number of piperidine rings is 1. The summed E-state index contributed by atoms with van der Waals surface area (Å²) < 4.78 is 10.3. The lowest BCUT2D eigenvalue weighted by Gasteiger charge is -2.37. The summed E-state index contributed by atoms with van der Waals surface area (Å²) in [4.78, 5) is 17.7. The summed E-state index contributed by atoms with van der Waals surface area (Å²) in [5.41, 5.74) is 1.20. The predicted octanol–water partition coefficient (Wildman–Crippen LogP) is 1.99. The second-order valence-electron chi connectivity index (χ2n) is 6.25. The Hall–Kier alpha value is -2.41. The lowest BCUT2D eigenvalue weighted by atomic mass is 10.0. The van der Waals surface area contributed by atoms with Gasteiger partial charge < -0.3 is 14.4 Å². The number of hydrogen-bond acceptors (Lipinski definition) is 7. The van der Waals surface area contributed by atoms with E-state index in [2.05, 4.69) is 37.9 Å². The third-order valence-electron chi connectivity index (χ3n) is 4.58. The fourth-order valence-electron chi connectivity index (χ4n) is 3.15. The van der Waals surface area contributed by atoms with Gasteiger partial charge in [0.1, 0.15) is 0 Å². The molecule has 3 heterocycles. The second kappa shape index (κ2) is 8.11. The van der Waals surface area contributed by atoms with Gasteiger partial charge in [-0.2, -0.15) is 4.98 Å². The van der Waals surface area contributed by atoms with E-state index in [-0.39, 0.29) is 0 Å². The minimum Gasteiger partial charge on any atom is -0.481 e. The van der Waals surface area contributed by atoms with Crippen LogP contribution in [0, 0.1) is 0 Å². The lowest BCUT2D eigenvalue weighted by molar-refractivity contribution is 0.197. The molecule has 1 saturated heterocycles. The van der Waals surface area contributed by atoms with Crippen molar-refractivity contribution in [1.29, 1.82) is 0 Å². The topological polar surface area (TPSA) is 63.6 Å². The number of aromatic nitrogens is 3. The molecule has 0 spiro atoms. The molecule has 0 N–H and O–H groups in total. The van der Waals surface area contributed by atoms with Crippen molar-refractivity contribution in [3.05, 3.63) is 36.2 Å². The second-order valence-corrected chi connectivity index (χ2v) is 6.25. The molecule has 0 aliphatic carbocycles. The molecule has 7 nitrogen and oxygen atoms in total. The minimum absolute atomic E-state index is 0.382. The Morgan fingerprint density at radius 1 is 1.16 bits per heavy atom. The van der Waals surface area contributed by atoms with Crippen LogP contribution in [0.2, 0.25) is 0 Å². The van der Waals surface area contributed by atoms with Crippen LogP contribution >= 0.6 is 0 Å². The lowest BCUT2D eigenvalue weighted by Crippen LogP contribution is -2.46. The molecule has 0 bridgehead atoms. The Bertz CT molecular complexity index is 679. The van der Waals surface area contributed by atoms with Crippen molar-refractivity contribution in [3.63, 3.8) is 0 Å². The van der Waals surface area contributed by atoms with Crippen LogP contribution in [-0.2, 0) is 6.54 Å². The maximum Gasteiger partial charge on any atom is 0.228 e.